The molecule has 0 saturated heterocycles. The summed E-state index contributed by atoms with van der Waals surface area (Å²) in [7, 11) is 5.26. The van der Waals surface area contributed by atoms with E-state index in [1.807, 2.05) is 19.2 Å². The van der Waals surface area contributed by atoms with Crippen molar-refractivity contribution in [1.29, 1.82) is 0 Å². The third-order valence-corrected chi connectivity index (χ3v) is 3.20. The summed E-state index contributed by atoms with van der Waals surface area (Å²) in [4.78, 5) is 0. The maximum Gasteiger partial charge on any atom is 0.161 e. The van der Waals surface area contributed by atoms with Crippen LogP contribution in [0.25, 0.3) is 0 Å². The van der Waals surface area contributed by atoms with Crippen molar-refractivity contribution in [3.63, 3.8) is 0 Å². The molecule has 102 valence electrons. The number of methoxy groups -OCH3 is 2. The number of nitrogens with two attached hydrogens (primary N) is 1. The van der Waals surface area contributed by atoms with Gasteiger partial charge in [0.15, 0.2) is 11.5 Å². The van der Waals surface area contributed by atoms with Crippen LogP contribution in [-0.4, -0.2) is 27.8 Å². The Labute approximate surface area is 109 Å². The van der Waals surface area contributed by atoms with Crippen LogP contribution in [0.4, 0.5) is 0 Å². The van der Waals surface area contributed by atoms with Gasteiger partial charge in [-0.15, -0.1) is 0 Å². The highest BCUT2D eigenvalue weighted by atomic mass is 16.5. The molecule has 0 bridgehead atoms. The van der Waals surface area contributed by atoms with Gasteiger partial charge in [-0.1, -0.05) is 13.0 Å². The zero-order chi connectivity index (χ0) is 13.5. The van der Waals surface area contributed by atoms with Crippen molar-refractivity contribution in [2.45, 2.75) is 19.4 Å². The summed E-state index contributed by atoms with van der Waals surface area (Å²) in [6.07, 6.45) is 1.00. The van der Waals surface area contributed by atoms with Crippen molar-refractivity contribution >= 4 is 0 Å². The quantitative estimate of drug-likeness (QED) is 0.779. The maximum atomic E-state index is 5.68. The molecule has 1 rings (SSSR count). The fourth-order valence-electron chi connectivity index (χ4n) is 1.99. The first-order valence-electron chi connectivity index (χ1n) is 6.25. The van der Waals surface area contributed by atoms with E-state index in [9.17, 15) is 0 Å². The van der Waals surface area contributed by atoms with Crippen molar-refractivity contribution in [2.24, 2.45) is 11.7 Å². The predicted octanol–water partition coefficient (Wildman–Crippen LogP) is 1.95. The molecule has 0 aliphatic carbocycles. The highest BCUT2D eigenvalue weighted by molar-refractivity contribution is 5.43. The standard InChI is InChI=1S/C14H24N2O2/c1-10(9-15)7-12(16-2)11-5-6-13(17-3)14(8-11)18-4/h5-6,8,10,12,16H,7,9,15H2,1-4H3. The molecule has 2 atom stereocenters. The maximum absolute atomic E-state index is 5.68. The zero-order valence-corrected chi connectivity index (χ0v) is 11.7. The third kappa shape index (κ3) is 3.62. The lowest BCUT2D eigenvalue weighted by Gasteiger charge is -2.21. The van der Waals surface area contributed by atoms with E-state index in [0.29, 0.717) is 12.5 Å². The molecule has 4 nitrogen and oxygen atoms in total. The molecular formula is C14H24N2O2. The molecule has 0 amide bonds. The summed E-state index contributed by atoms with van der Waals surface area (Å²) in [5, 5.41) is 3.32. The van der Waals surface area contributed by atoms with Gasteiger partial charge in [0.05, 0.1) is 14.2 Å². The summed E-state index contributed by atoms with van der Waals surface area (Å²) in [5.41, 5.74) is 6.87. The van der Waals surface area contributed by atoms with Crippen LogP contribution in [0.1, 0.15) is 24.9 Å². The molecule has 0 aliphatic heterocycles. The van der Waals surface area contributed by atoms with Crippen molar-refractivity contribution < 1.29 is 9.47 Å². The molecule has 0 radical (unpaired) electrons. The number of nitrogens with one attached hydrogen (secondary N) is 1. The average molecular weight is 252 g/mol. The van der Waals surface area contributed by atoms with E-state index < -0.39 is 0 Å². The van der Waals surface area contributed by atoms with E-state index in [4.69, 9.17) is 15.2 Å². The van der Waals surface area contributed by atoms with Crippen LogP contribution in [0.3, 0.4) is 0 Å². The lowest BCUT2D eigenvalue weighted by atomic mass is 9.96. The first-order valence-corrected chi connectivity index (χ1v) is 6.25. The second-order valence-electron chi connectivity index (χ2n) is 4.53. The summed E-state index contributed by atoms with van der Waals surface area (Å²) < 4.78 is 10.6. The highest BCUT2D eigenvalue weighted by Gasteiger charge is 2.15. The number of ether oxygens (including phenoxy) is 2. The van der Waals surface area contributed by atoms with E-state index >= 15 is 0 Å². The van der Waals surface area contributed by atoms with Crippen LogP contribution >= 0.6 is 0 Å². The van der Waals surface area contributed by atoms with Gasteiger partial charge in [0.2, 0.25) is 0 Å². The Morgan fingerprint density at radius 1 is 1.22 bits per heavy atom. The van der Waals surface area contributed by atoms with Crippen LogP contribution in [-0.2, 0) is 0 Å². The van der Waals surface area contributed by atoms with Crippen LogP contribution in [0.2, 0.25) is 0 Å². The van der Waals surface area contributed by atoms with Gasteiger partial charge in [-0.2, -0.15) is 0 Å². The molecule has 0 aromatic heterocycles. The van der Waals surface area contributed by atoms with E-state index in [-0.39, 0.29) is 6.04 Å². The Bertz CT molecular complexity index is 369. The molecule has 0 fully saturated rings. The van der Waals surface area contributed by atoms with Gasteiger partial charge >= 0.3 is 0 Å². The van der Waals surface area contributed by atoms with E-state index in [1.165, 1.54) is 5.56 Å². The Balaban J connectivity index is 2.92. The molecule has 0 spiro atoms. The molecule has 1 aromatic carbocycles. The van der Waals surface area contributed by atoms with Crippen LogP contribution in [0.5, 0.6) is 11.5 Å². The van der Waals surface area contributed by atoms with Gasteiger partial charge < -0.3 is 20.5 Å². The van der Waals surface area contributed by atoms with Gasteiger partial charge in [-0.05, 0) is 43.6 Å². The second-order valence-corrected chi connectivity index (χ2v) is 4.53. The molecule has 4 heteroatoms. The monoisotopic (exact) mass is 252 g/mol. The Kier molecular flexibility index (Phi) is 5.95. The third-order valence-electron chi connectivity index (χ3n) is 3.20. The molecule has 3 N–H and O–H groups in total. The van der Waals surface area contributed by atoms with Gasteiger partial charge in [-0.25, -0.2) is 0 Å². The summed E-state index contributed by atoms with van der Waals surface area (Å²) in [6.45, 7) is 2.86. The van der Waals surface area contributed by atoms with Gasteiger partial charge in [0.25, 0.3) is 0 Å². The number of hydrogen-bond acceptors (Lipinski definition) is 4. The molecule has 0 saturated carbocycles. The predicted molar refractivity (Wildman–Crippen MR) is 74.2 cm³/mol. The van der Waals surface area contributed by atoms with E-state index in [0.717, 1.165) is 17.9 Å². The molecule has 1 aromatic rings. The summed E-state index contributed by atoms with van der Waals surface area (Å²) in [5.74, 6) is 1.99. The summed E-state index contributed by atoms with van der Waals surface area (Å²) >= 11 is 0. The molecular weight excluding hydrogens is 228 g/mol. The van der Waals surface area contributed by atoms with E-state index in [2.05, 4.69) is 18.3 Å². The fourth-order valence-corrected chi connectivity index (χ4v) is 1.99. The van der Waals surface area contributed by atoms with Crippen molar-refractivity contribution in [1.82, 2.24) is 5.32 Å². The van der Waals surface area contributed by atoms with Gasteiger partial charge in [-0.3, -0.25) is 0 Å². The van der Waals surface area contributed by atoms with Crippen LogP contribution in [0.15, 0.2) is 18.2 Å². The summed E-state index contributed by atoms with van der Waals surface area (Å²) in [6, 6.07) is 6.30. The van der Waals surface area contributed by atoms with Crippen molar-refractivity contribution in [3.8, 4) is 11.5 Å². The smallest absolute Gasteiger partial charge is 0.161 e. The first kappa shape index (κ1) is 14.8. The fraction of sp³-hybridized carbons (Fsp3) is 0.571. The van der Waals surface area contributed by atoms with Gasteiger partial charge in [0, 0.05) is 6.04 Å². The molecule has 0 heterocycles. The van der Waals surface area contributed by atoms with Crippen molar-refractivity contribution in [2.75, 3.05) is 27.8 Å². The Morgan fingerprint density at radius 2 is 1.89 bits per heavy atom. The zero-order valence-electron chi connectivity index (χ0n) is 11.7. The minimum atomic E-state index is 0.281. The van der Waals surface area contributed by atoms with Crippen LogP contribution in [0, 0.1) is 5.92 Å². The first-order chi connectivity index (χ1) is 8.65. The molecule has 2 unspecified atom stereocenters. The van der Waals surface area contributed by atoms with Crippen molar-refractivity contribution in [3.05, 3.63) is 23.8 Å². The van der Waals surface area contributed by atoms with E-state index in [1.54, 1.807) is 14.2 Å². The second kappa shape index (κ2) is 7.24. The highest BCUT2D eigenvalue weighted by Crippen LogP contribution is 2.31. The lowest BCUT2D eigenvalue weighted by molar-refractivity contribution is 0.353. The Hall–Kier alpha value is -1.26. The molecule has 18 heavy (non-hydrogen) atoms. The minimum Gasteiger partial charge on any atom is -0.493 e. The topological polar surface area (TPSA) is 56.5 Å². The normalized spacial score (nSPS) is 14.1. The lowest BCUT2D eigenvalue weighted by Crippen LogP contribution is -2.22. The number of benzene rings is 1. The SMILES string of the molecule is CNC(CC(C)CN)c1ccc(OC)c(OC)c1. The number of hydrogen-bond donors (Lipinski definition) is 2. The minimum absolute atomic E-state index is 0.281. The average Bonchev–Trinajstić information content (AvgIpc) is 2.43. The Morgan fingerprint density at radius 3 is 2.39 bits per heavy atom. The van der Waals surface area contributed by atoms with Gasteiger partial charge in [0.1, 0.15) is 0 Å². The van der Waals surface area contributed by atoms with Crippen LogP contribution < -0.4 is 20.5 Å². The largest absolute Gasteiger partial charge is 0.493 e. The number of rotatable bonds is 7. The molecule has 0 aliphatic rings.